The number of hydrogen-bond donors (Lipinski definition) is 1. The molecule has 4 heteroatoms. The van der Waals surface area contributed by atoms with Crippen molar-refractivity contribution in [1.82, 2.24) is 10.1 Å². The van der Waals surface area contributed by atoms with Gasteiger partial charge in [0.25, 0.3) is 5.89 Å². The lowest BCUT2D eigenvalue weighted by atomic mass is 10.1. The Labute approximate surface area is 107 Å². The third-order valence-corrected chi connectivity index (χ3v) is 2.72. The van der Waals surface area contributed by atoms with E-state index in [1.54, 1.807) is 0 Å². The van der Waals surface area contributed by atoms with Crippen molar-refractivity contribution in [2.24, 2.45) is 5.73 Å². The fourth-order valence-electron chi connectivity index (χ4n) is 1.68. The van der Waals surface area contributed by atoms with Crippen molar-refractivity contribution >= 4 is 5.57 Å². The second-order valence-electron chi connectivity index (χ2n) is 4.12. The van der Waals surface area contributed by atoms with Crippen molar-refractivity contribution in [3.05, 3.63) is 41.8 Å². The Kier molecular flexibility index (Phi) is 3.89. The van der Waals surface area contributed by atoms with Crippen molar-refractivity contribution in [2.75, 3.05) is 0 Å². The maximum atomic E-state index is 5.56. The molecule has 1 heterocycles. The van der Waals surface area contributed by atoms with E-state index < -0.39 is 0 Å². The highest BCUT2D eigenvalue weighted by Crippen LogP contribution is 2.19. The lowest BCUT2D eigenvalue weighted by molar-refractivity contribution is 0.408. The van der Waals surface area contributed by atoms with E-state index in [1.165, 1.54) is 0 Å². The van der Waals surface area contributed by atoms with Crippen LogP contribution in [0, 0.1) is 0 Å². The van der Waals surface area contributed by atoms with Gasteiger partial charge in [-0.05, 0) is 18.9 Å². The van der Waals surface area contributed by atoms with E-state index in [4.69, 9.17) is 10.3 Å². The first-order valence-electron chi connectivity index (χ1n) is 6.04. The SMILES string of the molecule is CC/C=C(/C)c1nc(-c2ccc(CN)cc2)no1. The minimum absolute atomic E-state index is 0.538. The molecule has 0 aliphatic carbocycles. The Balaban J connectivity index is 2.26. The molecule has 0 atom stereocenters. The number of rotatable bonds is 4. The number of aromatic nitrogens is 2. The van der Waals surface area contributed by atoms with E-state index >= 15 is 0 Å². The molecule has 0 aliphatic rings. The Morgan fingerprint density at radius 3 is 2.67 bits per heavy atom. The van der Waals surface area contributed by atoms with Gasteiger partial charge >= 0.3 is 0 Å². The predicted molar refractivity (Wildman–Crippen MR) is 71.6 cm³/mol. The Bertz CT molecular complexity index is 540. The summed E-state index contributed by atoms with van der Waals surface area (Å²) in [5, 5.41) is 3.99. The van der Waals surface area contributed by atoms with Crippen molar-refractivity contribution < 1.29 is 4.52 Å². The number of hydrogen-bond acceptors (Lipinski definition) is 4. The van der Waals surface area contributed by atoms with Gasteiger partial charge in [0.2, 0.25) is 5.82 Å². The second-order valence-corrected chi connectivity index (χ2v) is 4.12. The third-order valence-electron chi connectivity index (χ3n) is 2.72. The van der Waals surface area contributed by atoms with Crippen LogP contribution in [0.2, 0.25) is 0 Å². The lowest BCUT2D eigenvalue weighted by Gasteiger charge is -1.97. The Hall–Kier alpha value is -1.94. The van der Waals surface area contributed by atoms with Crippen molar-refractivity contribution in [2.45, 2.75) is 26.8 Å². The number of nitrogens with zero attached hydrogens (tertiary/aromatic N) is 2. The number of benzene rings is 1. The number of nitrogens with two attached hydrogens (primary N) is 1. The van der Waals surface area contributed by atoms with Gasteiger partial charge in [-0.3, -0.25) is 0 Å². The molecule has 2 N–H and O–H groups in total. The maximum absolute atomic E-state index is 5.56. The summed E-state index contributed by atoms with van der Waals surface area (Å²) in [5.41, 5.74) is 8.59. The summed E-state index contributed by atoms with van der Waals surface area (Å²) >= 11 is 0. The van der Waals surface area contributed by atoms with Crippen LogP contribution in [-0.4, -0.2) is 10.1 Å². The summed E-state index contributed by atoms with van der Waals surface area (Å²) in [6.07, 6.45) is 3.02. The molecule has 0 saturated carbocycles. The van der Waals surface area contributed by atoms with E-state index in [2.05, 4.69) is 23.1 Å². The van der Waals surface area contributed by atoms with Crippen molar-refractivity contribution in [3.8, 4) is 11.4 Å². The van der Waals surface area contributed by atoms with Crippen LogP contribution in [0.15, 0.2) is 34.9 Å². The molecule has 0 aliphatic heterocycles. The molecule has 2 rings (SSSR count). The molecule has 0 unspecified atom stereocenters. The third kappa shape index (κ3) is 2.65. The van der Waals surface area contributed by atoms with Gasteiger partial charge in [0, 0.05) is 17.7 Å². The summed E-state index contributed by atoms with van der Waals surface area (Å²) in [7, 11) is 0. The standard InChI is InChI=1S/C14H17N3O/c1-3-4-10(2)14-16-13(17-18-14)12-7-5-11(9-15)6-8-12/h4-8H,3,9,15H2,1-2H3/b10-4-. The van der Waals surface area contributed by atoms with Crippen molar-refractivity contribution in [1.29, 1.82) is 0 Å². The van der Waals surface area contributed by atoms with Crippen LogP contribution in [0.3, 0.4) is 0 Å². The van der Waals surface area contributed by atoms with Gasteiger partial charge in [0.1, 0.15) is 0 Å². The van der Waals surface area contributed by atoms with E-state index in [0.717, 1.165) is 23.1 Å². The zero-order valence-corrected chi connectivity index (χ0v) is 10.7. The minimum Gasteiger partial charge on any atom is -0.334 e. The van der Waals surface area contributed by atoms with Crippen LogP contribution in [0.25, 0.3) is 17.0 Å². The lowest BCUT2D eigenvalue weighted by Crippen LogP contribution is -1.95. The second kappa shape index (κ2) is 5.60. The summed E-state index contributed by atoms with van der Waals surface area (Å²) in [5.74, 6) is 1.19. The average molecular weight is 243 g/mol. The first kappa shape index (κ1) is 12.5. The fourth-order valence-corrected chi connectivity index (χ4v) is 1.68. The number of allylic oxidation sites excluding steroid dienone is 2. The van der Waals surface area contributed by atoms with Crippen LogP contribution in [0.5, 0.6) is 0 Å². The van der Waals surface area contributed by atoms with Gasteiger partial charge in [-0.1, -0.05) is 42.4 Å². The van der Waals surface area contributed by atoms with Crippen LogP contribution >= 0.6 is 0 Å². The summed E-state index contributed by atoms with van der Waals surface area (Å²) in [6, 6.07) is 7.85. The van der Waals surface area contributed by atoms with Gasteiger partial charge in [-0.15, -0.1) is 0 Å². The van der Waals surface area contributed by atoms with E-state index in [9.17, 15) is 0 Å². The summed E-state index contributed by atoms with van der Waals surface area (Å²) in [4.78, 5) is 4.38. The van der Waals surface area contributed by atoms with Crippen LogP contribution < -0.4 is 5.73 Å². The fraction of sp³-hybridized carbons (Fsp3) is 0.286. The van der Waals surface area contributed by atoms with Crippen LogP contribution in [-0.2, 0) is 6.54 Å². The molecule has 0 saturated heterocycles. The predicted octanol–water partition coefficient (Wildman–Crippen LogP) is 3.01. The van der Waals surface area contributed by atoms with Gasteiger partial charge in [-0.25, -0.2) is 0 Å². The van der Waals surface area contributed by atoms with Crippen LogP contribution in [0.1, 0.15) is 31.7 Å². The molecule has 0 amide bonds. The molecular formula is C14H17N3O. The van der Waals surface area contributed by atoms with E-state index in [-0.39, 0.29) is 0 Å². The first-order valence-corrected chi connectivity index (χ1v) is 6.04. The van der Waals surface area contributed by atoms with Crippen LogP contribution in [0.4, 0.5) is 0 Å². The van der Waals surface area contributed by atoms with Gasteiger partial charge < -0.3 is 10.3 Å². The highest BCUT2D eigenvalue weighted by atomic mass is 16.5. The van der Waals surface area contributed by atoms with E-state index in [0.29, 0.717) is 18.3 Å². The maximum Gasteiger partial charge on any atom is 0.253 e. The van der Waals surface area contributed by atoms with Crippen molar-refractivity contribution in [3.63, 3.8) is 0 Å². The molecule has 0 spiro atoms. The average Bonchev–Trinajstić information content (AvgIpc) is 2.89. The minimum atomic E-state index is 0.538. The summed E-state index contributed by atoms with van der Waals surface area (Å²) in [6.45, 7) is 4.58. The van der Waals surface area contributed by atoms with Gasteiger partial charge in [0.15, 0.2) is 0 Å². The monoisotopic (exact) mass is 243 g/mol. The first-order chi connectivity index (χ1) is 8.74. The summed E-state index contributed by atoms with van der Waals surface area (Å²) < 4.78 is 5.24. The molecular weight excluding hydrogens is 226 g/mol. The molecule has 1 aromatic heterocycles. The Morgan fingerprint density at radius 1 is 1.33 bits per heavy atom. The zero-order chi connectivity index (χ0) is 13.0. The molecule has 94 valence electrons. The highest BCUT2D eigenvalue weighted by Gasteiger charge is 2.09. The highest BCUT2D eigenvalue weighted by molar-refractivity contribution is 5.60. The molecule has 0 radical (unpaired) electrons. The molecule has 0 fully saturated rings. The largest absolute Gasteiger partial charge is 0.334 e. The normalized spacial score (nSPS) is 11.8. The smallest absolute Gasteiger partial charge is 0.253 e. The Morgan fingerprint density at radius 2 is 2.06 bits per heavy atom. The molecule has 4 nitrogen and oxygen atoms in total. The quantitative estimate of drug-likeness (QED) is 0.896. The van der Waals surface area contributed by atoms with Gasteiger partial charge in [-0.2, -0.15) is 4.98 Å². The molecule has 1 aromatic carbocycles. The van der Waals surface area contributed by atoms with Gasteiger partial charge in [0.05, 0.1) is 0 Å². The topological polar surface area (TPSA) is 64.9 Å². The molecule has 18 heavy (non-hydrogen) atoms. The zero-order valence-electron chi connectivity index (χ0n) is 10.7. The molecule has 0 bridgehead atoms. The van der Waals surface area contributed by atoms with E-state index in [1.807, 2.05) is 31.2 Å². The molecule has 2 aromatic rings.